The summed E-state index contributed by atoms with van der Waals surface area (Å²) < 4.78 is 3.27. The van der Waals surface area contributed by atoms with Gasteiger partial charge in [0.25, 0.3) is 11.5 Å². The van der Waals surface area contributed by atoms with Gasteiger partial charge in [-0.15, -0.1) is 0 Å². The minimum Gasteiger partial charge on any atom is -0.283 e. The van der Waals surface area contributed by atoms with Crippen LogP contribution < -0.4 is 5.56 Å². The average Bonchev–Trinajstić information content (AvgIpc) is 3.32. The Morgan fingerprint density at radius 1 is 0.842 bits per heavy atom. The molecule has 1 aliphatic rings. The van der Waals surface area contributed by atoms with Gasteiger partial charge < -0.3 is 0 Å². The van der Waals surface area contributed by atoms with E-state index in [1.54, 1.807) is 42.9 Å². The second-order valence-electron chi connectivity index (χ2n) is 8.32. The van der Waals surface area contributed by atoms with Crippen molar-refractivity contribution in [3.8, 4) is 5.69 Å². The summed E-state index contributed by atoms with van der Waals surface area (Å²) in [5.41, 5.74) is 2.57. The number of benzene rings is 3. The summed E-state index contributed by atoms with van der Waals surface area (Å²) in [6, 6.07) is 23.7. The van der Waals surface area contributed by atoms with E-state index in [1.807, 2.05) is 60.7 Å². The molecule has 1 aliphatic heterocycles. The van der Waals surface area contributed by atoms with Gasteiger partial charge in [0.05, 0.1) is 22.5 Å². The number of rotatable bonds is 5. The van der Waals surface area contributed by atoms with Crippen LogP contribution in [0.3, 0.4) is 0 Å². The van der Waals surface area contributed by atoms with Crippen molar-refractivity contribution in [2.24, 2.45) is 17.1 Å². The summed E-state index contributed by atoms with van der Waals surface area (Å²) in [6.45, 7) is 1.81. The van der Waals surface area contributed by atoms with Crippen LogP contribution in [0.15, 0.2) is 98.7 Å². The van der Waals surface area contributed by atoms with Crippen molar-refractivity contribution in [1.29, 1.82) is 0 Å². The Balaban J connectivity index is 1.62. The molecule has 10 heteroatoms. The van der Waals surface area contributed by atoms with Crippen LogP contribution in [-0.2, 0) is 11.8 Å². The zero-order valence-electron chi connectivity index (χ0n) is 20.4. The van der Waals surface area contributed by atoms with Crippen LogP contribution in [0.5, 0.6) is 0 Å². The molecule has 2 heterocycles. The number of amides is 1. The normalized spacial score (nSPS) is 15.9. The molecule has 190 valence electrons. The first-order valence-corrected chi connectivity index (χ1v) is 13.1. The molecule has 1 saturated heterocycles. The minimum atomic E-state index is -0.394. The third kappa shape index (κ3) is 4.98. The van der Waals surface area contributed by atoms with Gasteiger partial charge in [-0.05, 0) is 54.6 Å². The summed E-state index contributed by atoms with van der Waals surface area (Å²) in [5.74, 6) is -0.394. The van der Waals surface area contributed by atoms with Crippen molar-refractivity contribution >= 4 is 64.0 Å². The highest BCUT2D eigenvalue weighted by Crippen LogP contribution is 2.35. The first kappa shape index (κ1) is 25.8. The Morgan fingerprint density at radius 2 is 1.45 bits per heavy atom. The van der Waals surface area contributed by atoms with Gasteiger partial charge in [0.2, 0.25) is 0 Å². The van der Waals surface area contributed by atoms with Crippen LogP contribution in [0.1, 0.15) is 16.8 Å². The summed E-state index contributed by atoms with van der Waals surface area (Å²) in [7, 11) is 1.79. The van der Waals surface area contributed by atoms with Crippen LogP contribution in [0.2, 0.25) is 10.0 Å². The highest BCUT2D eigenvalue weighted by atomic mass is 35.5. The smallest absolute Gasteiger partial charge is 0.283 e. The Hall–Kier alpha value is -3.85. The highest BCUT2D eigenvalue weighted by molar-refractivity contribution is 8.18. The number of amidine groups is 1. The van der Waals surface area contributed by atoms with Crippen LogP contribution in [0.25, 0.3) is 11.8 Å². The number of para-hydroxylation sites is 1. The first-order chi connectivity index (χ1) is 18.3. The largest absolute Gasteiger partial charge is 0.297 e. The summed E-state index contributed by atoms with van der Waals surface area (Å²) in [4.78, 5) is 32.0. The molecule has 38 heavy (non-hydrogen) atoms. The number of thioether (sulfide) groups is 1. The molecule has 5 rings (SSSR count). The molecular formula is C28H21Cl2N5O2S. The number of halogens is 2. The van der Waals surface area contributed by atoms with Crippen molar-refractivity contribution in [2.45, 2.75) is 6.92 Å². The maximum absolute atomic E-state index is 13.5. The molecule has 0 bridgehead atoms. The standard InChI is InChI=1S/C28H21Cl2N5O2S/c1-18-25(27(37)35(33(18)2)21-12-4-3-5-13-21)32-28-34(31-17-20-11-7-9-15-23(20)30)26(36)24(38-28)16-19-10-6-8-14-22(19)29/h3-17H,1-2H3/b24-16+,31-17?,32-28?. The fourth-order valence-electron chi connectivity index (χ4n) is 3.85. The van der Waals surface area contributed by atoms with E-state index in [2.05, 4.69) is 10.1 Å². The summed E-state index contributed by atoms with van der Waals surface area (Å²) in [6.07, 6.45) is 3.19. The van der Waals surface area contributed by atoms with E-state index in [1.165, 1.54) is 15.9 Å². The number of hydrazone groups is 1. The number of aliphatic imine (C=N–C) groups is 1. The summed E-state index contributed by atoms with van der Waals surface area (Å²) >= 11 is 13.7. The van der Waals surface area contributed by atoms with Gasteiger partial charge in [-0.2, -0.15) is 10.1 Å². The van der Waals surface area contributed by atoms with Crippen LogP contribution >= 0.6 is 35.0 Å². The van der Waals surface area contributed by atoms with E-state index in [4.69, 9.17) is 23.2 Å². The lowest BCUT2D eigenvalue weighted by Crippen LogP contribution is -2.24. The van der Waals surface area contributed by atoms with Crippen molar-refractivity contribution in [1.82, 2.24) is 14.4 Å². The number of hydrogen-bond acceptors (Lipinski definition) is 5. The molecule has 1 amide bonds. The van der Waals surface area contributed by atoms with E-state index in [-0.39, 0.29) is 16.4 Å². The van der Waals surface area contributed by atoms with E-state index in [9.17, 15) is 9.59 Å². The van der Waals surface area contributed by atoms with Crippen molar-refractivity contribution < 1.29 is 4.79 Å². The molecule has 0 atom stereocenters. The third-order valence-corrected chi connectivity index (χ3v) is 7.57. The van der Waals surface area contributed by atoms with Gasteiger partial charge in [-0.1, -0.05) is 77.8 Å². The number of aromatic nitrogens is 2. The molecule has 4 aromatic rings. The first-order valence-electron chi connectivity index (χ1n) is 11.5. The quantitative estimate of drug-likeness (QED) is 0.208. The molecule has 3 aromatic carbocycles. The second kappa shape index (κ2) is 10.9. The Bertz CT molecular complexity index is 1690. The Morgan fingerprint density at radius 3 is 2.11 bits per heavy atom. The van der Waals surface area contributed by atoms with Crippen LogP contribution in [0.4, 0.5) is 5.69 Å². The van der Waals surface area contributed by atoms with Gasteiger partial charge in [0, 0.05) is 22.7 Å². The number of hydrogen-bond donors (Lipinski definition) is 0. The van der Waals surface area contributed by atoms with E-state index in [0.29, 0.717) is 37.5 Å². The van der Waals surface area contributed by atoms with Gasteiger partial charge in [0.1, 0.15) is 0 Å². The van der Waals surface area contributed by atoms with Gasteiger partial charge in [-0.3, -0.25) is 14.3 Å². The zero-order valence-corrected chi connectivity index (χ0v) is 22.7. The minimum absolute atomic E-state index is 0.212. The number of carbonyl (C=O) groups excluding carboxylic acids is 1. The topological polar surface area (TPSA) is 72.0 Å². The lowest BCUT2D eigenvalue weighted by molar-refractivity contribution is -0.122. The van der Waals surface area contributed by atoms with Gasteiger partial charge >= 0.3 is 0 Å². The van der Waals surface area contributed by atoms with Crippen molar-refractivity contribution in [2.75, 3.05) is 0 Å². The van der Waals surface area contributed by atoms with E-state index in [0.717, 1.165) is 11.8 Å². The molecule has 1 aromatic heterocycles. The number of nitrogens with zero attached hydrogens (tertiary/aromatic N) is 5. The molecule has 0 spiro atoms. The highest BCUT2D eigenvalue weighted by Gasteiger charge is 2.34. The Labute approximate surface area is 233 Å². The van der Waals surface area contributed by atoms with Crippen LogP contribution in [0, 0.1) is 6.92 Å². The van der Waals surface area contributed by atoms with Crippen molar-refractivity contribution in [3.05, 3.63) is 121 Å². The molecule has 0 radical (unpaired) electrons. The fourth-order valence-corrected chi connectivity index (χ4v) is 5.14. The Kier molecular flexibility index (Phi) is 7.37. The SMILES string of the molecule is Cc1c(N=C2S/C(=C/c3ccccc3Cl)C(=O)N2N=Cc2ccccc2Cl)c(=O)n(-c2ccccc2)n1C. The molecule has 1 fully saturated rings. The molecule has 0 aliphatic carbocycles. The maximum atomic E-state index is 13.5. The van der Waals surface area contributed by atoms with Gasteiger partial charge in [0.15, 0.2) is 10.9 Å². The van der Waals surface area contributed by atoms with Crippen molar-refractivity contribution in [3.63, 3.8) is 0 Å². The maximum Gasteiger partial charge on any atom is 0.297 e. The molecular weight excluding hydrogens is 541 g/mol. The average molecular weight is 562 g/mol. The van der Waals surface area contributed by atoms with E-state index >= 15 is 0 Å². The van der Waals surface area contributed by atoms with Crippen LogP contribution in [-0.4, -0.2) is 31.7 Å². The van der Waals surface area contributed by atoms with Gasteiger partial charge in [-0.25, -0.2) is 9.67 Å². The lowest BCUT2D eigenvalue weighted by atomic mass is 10.2. The summed E-state index contributed by atoms with van der Waals surface area (Å²) in [5, 5.41) is 6.82. The molecule has 0 unspecified atom stereocenters. The fraction of sp³-hybridized carbons (Fsp3) is 0.0714. The monoisotopic (exact) mass is 561 g/mol. The third-order valence-electron chi connectivity index (χ3n) is 5.93. The molecule has 7 nitrogen and oxygen atoms in total. The molecule has 0 N–H and O–H groups in total. The number of carbonyl (C=O) groups is 1. The second-order valence-corrected chi connectivity index (χ2v) is 10.1. The lowest BCUT2D eigenvalue weighted by Gasteiger charge is -2.08. The predicted octanol–water partition coefficient (Wildman–Crippen LogP) is 6.43. The predicted molar refractivity (Wildman–Crippen MR) is 156 cm³/mol. The zero-order chi connectivity index (χ0) is 26.8. The molecule has 0 saturated carbocycles. The van der Waals surface area contributed by atoms with E-state index < -0.39 is 5.91 Å².